The first-order chi connectivity index (χ1) is 14.3. The first kappa shape index (κ1) is 24.4. The van der Waals surface area contributed by atoms with E-state index in [-0.39, 0.29) is 28.0 Å². The molecule has 0 saturated heterocycles. The zero-order chi connectivity index (χ0) is 23.5. The normalized spacial score (nSPS) is 12.6. The van der Waals surface area contributed by atoms with Crippen LogP contribution in [0.2, 0.25) is 0 Å². The number of sulfonamides is 1. The second-order valence-electron chi connectivity index (χ2n) is 7.92. The summed E-state index contributed by atoms with van der Waals surface area (Å²) >= 11 is 0. The molecule has 0 aliphatic rings. The van der Waals surface area contributed by atoms with Gasteiger partial charge in [-0.3, -0.25) is 4.79 Å². The van der Waals surface area contributed by atoms with E-state index in [0.717, 1.165) is 5.56 Å². The van der Waals surface area contributed by atoms with Crippen LogP contribution in [0.4, 0.5) is 5.69 Å². The van der Waals surface area contributed by atoms with E-state index < -0.39 is 28.0 Å². The average Bonchev–Trinajstić information content (AvgIpc) is 2.67. The van der Waals surface area contributed by atoms with Crippen LogP contribution >= 0.6 is 0 Å². The minimum Gasteiger partial charge on any atom is -0.507 e. The Hall–Kier alpha value is -2.91. The van der Waals surface area contributed by atoms with Gasteiger partial charge in [-0.2, -0.15) is 0 Å². The van der Waals surface area contributed by atoms with Gasteiger partial charge in [0.05, 0.1) is 4.90 Å². The first-order valence-electron chi connectivity index (χ1n) is 9.82. The summed E-state index contributed by atoms with van der Waals surface area (Å²) in [4.78, 5) is 25.0. The molecule has 0 aliphatic heterocycles. The van der Waals surface area contributed by atoms with Crippen molar-refractivity contribution in [3.8, 4) is 5.75 Å². The van der Waals surface area contributed by atoms with Gasteiger partial charge in [0.15, 0.2) is 6.10 Å². The van der Waals surface area contributed by atoms with E-state index >= 15 is 0 Å². The number of primary sulfonamides is 1. The summed E-state index contributed by atoms with van der Waals surface area (Å²) in [5.74, 6) is -1.46. The van der Waals surface area contributed by atoms with Gasteiger partial charge in [-0.1, -0.05) is 33.8 Å². The Morgan fingerprint density at radius 2 is 1.58 bits per heavy atom. The van der Waals surface area contributed by atoms with Gasteiger partial charge in [0.2, 0.25) is 10.0 Å². The molecule has 8 nitrogen and oxygen atoms in total. The van der Waals surface area contributed by atoms with Crippen LogP contribution in [0.3, 0.4) is 0 Å². The molecule has 2 aromatic rings. The number of carbonyl (C=O) groups excluding carboxylic acids is 2. The summed E-state index contributed by atoms with van der Waals surface area (Å²) in [5, 5.41) is 18.1. The number of phenols is 1. The first-order valence-corrected chi connectivity index (χ1v) is 11.4. The van der Waals surface area contributed by atoms with Crippen LogP contribution in [0.5, 0.6) is 5.75 Å². The van der Waals surface area contributed by atoms with Crippen LogP contribution in [0, 0.1) is 0 Å². The maximum atomic E-state index is 12.7. The van der Waals surface area contributed by atoms with Gasteiger partial charge in [0, 0.05) is 5.69 Å². The van der Waals surface area contributed by atoms with Gasteiger partial charge >= 0.3 is 5.97 Å². The molecule has 0 heterocycles. The zero-order valence-corrected chi connectivity index (χ0v) is 19.0. The molecule has 2 rings (SSSR count). The Labute approximate surface area is 182 Å². The maximum absolute atomic E-state index is 12.7. The van der Waals surface area contributed by atoms with E-state index in [0.29, 0.717) is 11.3 Å². The maximum Gasteiger partial charge on any atom is 0.342 e. The SMILES string of the molecule is CC(OC(=O)c1cc(C(C)C)cc(C(C)C)c1O)C(=O)Nc1ccc(S(N)(=O)=O)cc1. The molecule has 1 unspecified atom stereocenters. The van der Waals surface area contributed by atoms with Gasteiger partial charge in [-0.25, -0.2) is 18.4 Å². The van der Waals surface area contributed by atoms with Crippen LogP contribution in [-0.4, -0.2) is 31.5 Å². The fourth-order valence-electron chi connectivity index (χ4n) is 2.86. The number of rotatable bonds is 7. The number of nitrogens with two attached hydrogens (primary N) is 1. The Kier molecular flexibility index (Phi) is 7.45. The van der Waals surface area contributed by atoms with E-state index in [4.69, 9.17) is 9.88 Å². The number of anilines is 1. The zero-order valence-electron chi connectivity index (χ0n) is 18.2. The van der Waals surface area contributed by atoms with E-state index in [1.807, 2.05) is 33.8 Å². The lowest BCUT2D eigenvalue weighted by molar-refractivity contribution is -0.123. The number of phenolic OH excluding ortho intramolecular Hbond substituents is 1. The summed E-state index contributed by atoms with van der Waals surface area (Å²) in [6.07, 6.45) is -1.16. The number of esters is 1. The smallest absolute Gasteiger partial charge is 0.342 e. The van der Waals surface area contributed by atoms with E-state index in [9.17, 15) is 23.1 Å². The molecule has 0 spiro atoms. The quantitative estimate of drug-likeness (QED) is 0.555. The fourth-order valence-corrected chi connectivity index (χ4v) is 3.37. The van der Waals surface area contributed by atoms with Crippen molar-refractivity contribution in [3.05, 3.63) is 53.1 Å². The van der Waals surface area contributed by atoms with Crippen molar-refractivity contribution < 1.29 is 27.9 Å². The predicted octanol–water partition coefficient (Wildman–Crippen LogP) is 3.47. The highest BCUT2D eigenvalue weighted by atomic mass is 32.2. The largest absolute Gasteiger partial charge is 0.507 e. The van der Waals surface area contributed by atoms with E-state index in [1.54, 1.807) is 6.07 Å². The van der Waals surface area contributed by atoms with Crippen molar-refractivity contribution in [2.45, 2.75) is 57.5 Å². The molecular weight excluding hydrogens is 420 g/mol. The van der Waals surface area contributed by atoms with Gasteiger partial charge < -0.3 is 15.2 Å². The van der Waals surface area contributed by atoms with Crippen LogP contribution in [0.1, 0.15) is 67.9 Å². The number of hydrogen-bond acceptors (Lipinski definition) is 6. The lowest BCUT2D eigenvalue weighted by Gasteiger charge is -2.18. The van der Waals surface area contributed by atoms with Crippen molar-refractivity contribution in [3.63, 3.8) is 0 Å². The number of carbonyl (C=O) groups is 2. The van der Waals surface area contributed by atoms with Crippen LogP contribution < -0.4 is 10.5 Å². The number of nitrogens with one attached hydrogen (secondary N) is 1. The molecule has 2 aromatic carbocycles. The van der Waals surface area contributed by atoms with Crippen molar-refractivity contribution in [2.75, 3.05) is 5.32 Å². The lowest BCUT2D eigenvalue weighted by atomic mass is 9.92. The molecule has 0 bridgehead atoms. The average molecular weight is 449 g/mol. The third-order valence-electron chi connectivity index (χ3n) is 4.77. The van der Waals surface area contributed by atoms with E-state index in [2.05, 4.69) is 5.32 Å². The predicted molar refractivity (Wildman–Crippen MR) is 118 cm³/mol. The van der Waals surface area contributed by atoms with Crippen molar-refractivity contribution in [2.24, 2.45) is 5.14 Å². The highest BCUT2D eigenvalue weighted by Gasteiger charge is 2.24. The minimum atomic E-state index is -3.84. The number of ether oxygens (including phenoxy) is 1. The van der Waals surface area contributed by atoms with Crippen molar-refractivity contribution in [1.82, 2.24) is 0 Å². The summed E-state index contributed by atoms with van der Waals surface area (Å²) in [5.41, 5.74) is 1.82. The second-order valence-corrected chi connectivity index (χ2v) is 9.48. The number of benzene rings is 2. The summed E-state index contributed by atoms with van der Waals surface area (Å²) in [6, 6.07) is 8.70. The third-order valence-corrected chi connectivity index (χ3v) is 5.70. The molecule has 0 aliphatic carbocycles. The Morgan fingerprint density at radius 1 is 1.00 bits per heavy atom. The Balaban J connectivity index is 2.17. The summed E-state index contributed by atoms with van der Waals surface area (Å²) in [6.45, 7) is 9.17. The molecule has 4 N–H and O–H groups in total. The molecule has 0 fully saturated rings. The van der Waals surface area contributed by atoms with Crippen molar-refractivity contribution in [1.29, 1.82) is 0 Å². The highest BCUT2D eigenvalue weighted by Crippen LogP contribution is 2.33. The molecule has 168 valence electrons. The van der Waals surface area contributed by atoms with Crippen LogP contribution in [-0.2, 0) is 19.6 Å². The summed E-state index contributed by atoms with van der Waals surface area (Å²) < 4.78 is 27.9. The molecule has 1 atom stereocenters. The molecule has 1 amide bonds. The van der Waals surface area contributed by atoms with Gasteiger partial charge in [-0.05, 0) is 60.2 Å². The number of aromatic hydroxyl groups is 1. The monoisotopic (exact) mass is 448 g/mol. The van der Waals surface area contributed by atoms with Gasteiger partial charge in [0.25, 0.3) is 5.91 Å². The van der Waals surface area contributed by atoms with E-state index in [1.165, 1.54) is 31.2 Å². The third kappa shape index (κ3) is 6.05. The topological polar surface area (TPSA) is 136 Å². The molecule has 0 radical (unpaired) electrons. The second kappa shape index (κ2) is 9.49. The van der Waals surface area contributed by atoms with Crippen molar-refractivity contribution >= 4 is 27.6 Å². The molecule has 0 aromatic heterocycles. The molecule has 31 heavy (non-hydrogen) atoms. The minimum absolute atomic E-state index is 0.00653. The Bertz CT molecular complexity index is 1080. The molecule has 9 heteroatoms. The van der Waals surface area contributed by atoms with Gasteiger partial charge in [0.1, 0.15) is 11.3 Å². The standard InChI is InChI=1S/C22H28N2O6S/c1-12(2)15-10-18(13(3)4)20(25)19(11-15)22(27)30-14(5)21(26)24-16-6-8-17(9-7-16)31(23,28)29/h6-14,25H,1-5H3,(H,24,26)(H2,23,28,29). The molecule has 0 saturated carbocycles. The van der Waals surface area contributed by atoms with Crippen LogP contribution in [0.15, 0.2) is 41.3 Å². The number of amides is 1. The number of hydrogen-bond donors (Lipinski definition) is 3. The van der Waals surface area contributed by atoms with Crippen LogP contribution in [0.25, 0.3) is 0 Å². The highest BCUT2D eigenvalue weighted by molar-refractivity contribution is 7.89. The summed E-state index contributed by atoms with van der Waals surface area (Å²) in [7, 11) is -3.84. The van der Waals surface area contributed by atoms with Gasteiger partial charge in [-0.15, -0.1) is 0 Å². The molecular formula is C22H28N2O6S. The fraction of sp³-hybridized carbons (Fsp3) is 0.364. The lowest BCUT2D eigenvalue weighted by Crippen LogP contribution is -2.30. The Morgan fingerprint density at radius 3 is 2.06 bits per heavy atom.